The third kappa shape index (κ3) is 2.96. The summed E-state index contributed by atoms with van der Waals surface area (Å²) in [7, 11) is 0. The van der Waals surface area contributed by atoms with E-state index in [2.05, 4.69) is 15.3 Å². The zero-order valence-electron chi connectivity index (χ0n) is 11.4. The summed E-state index contributed by atoms with van der Waals surface area (Å²) in [6.45, 7) is 0.497. The molecule has 0 aliphatic heterocycles. The SMILES string of the molecule is O=[N+]([O-])c1ccc(CNc2ncnc3ccc(Cl)cc23)cc1. The molecule has 6 nitrogen and oxygen atoms in total. The van der Waals surface area contributed by atoms with Crippen LogP contribution in [0.25, 0.3) is 10.9 Å². The monoisotopic (exact) mass is 314 g/mol. The second-order valence-electron chi connectivity index (χ2n) is 4.66. The van der Waals surface area contributed by atoms with Gasteiger partial charge in [0.2, 0.25) is 0 Å². The Hall–Kier alpha value is -2.73. The Labute approximate surface area is 130 Å². The number of rotatable bonds is 4. The fourth-order valence-corrected chi connectivity index (χ4v) is 2.26. The molecule has 0 unspecified atom stereocenters. The molecule has 1 aromatic heterocycles. The first kappa shape index (κ1) is 14.2. The highest BCUT2D eigenvalue weighted by Gasteiger charge is 2.06. The van der Waals surface area contributed by atoms with Gasteiger partial charge in [0.05, 0.1) is 10.4 Å². The predicted octanol–water partition coefficient (Wildman–Crippen LogP) is 3.80. The molecule has 0 atom stereocenters. The van der Waals surface area contributed by atoms with Crippen LogP contribution in [0.1, 0.15) is 5.56 Å². The Morgan fingerprint density at radius 3 is 2.64 bits per heavy atom. The molecule has 0 aliphatic carbocycles. The minimum absolute atomic E-state index is 0.0722. The van der Waals surface area contributed by atoms with Crippen LogP contribution in [-0.4, -0.2) is 14.9 Å². The molecule has 0 fully saturated rings. The largest absolute Gasteiger partial charge is 0.365 e. The van der Waals surface area contributed by atoms with Gasteiger partial charge in [-0.05, 0) is 23.8 Å². The second kappa shape index (κ2) is 5.95. The maximum Gasteiger partial charge on any atom is 0.269 e. The third-order valence-electron chi connectivity index (χ3n) is 3.20. The van der Waals surface area contributed by atoms with Crippen LogP contribution in [0.2, 0.25) is 5.02 Å². The van der Waals surface area contributed by atoms with Crippen LogP contribution in [0.5, 0.6) is 0 Å². The number of anilines is 1. The van der Waals surface area contributed by atoms with Crippen molar-refractivity contribution >= 4 is 34.0 Å². The molecular formula is C15H11ClN4O2. The number of nitro benzene ring substituents is 1. The number of nitro groups is 1. The third-order valence-corrected chi connectivity index (χ3v) is 3.44. The van der Waals surface area contributed by atoms with Crippen LogP contribution in [0, 0.1) is 10.1 Å². The van der Waals surface area contributed by atoms with E-state index in [0.717, 1.165) is 16.5 Å². The van der Waals surface area contributed by atoms with Gasteiger partial charge in [0.1, 0.15) is 12.1 Å². The molecule has 3 rings (SSSR count). The lowest BCUT2D eigenvalue weighted by molar-refractivity contribution is -0.384. The molecule has 1 N–H and O–H groups in total. The molecule has 0 saturated carbocycles. The quantitative estimate of drug-likeness (QED) is 0.585. The van der Waals surface area contributed by atoms with Gasteiger partial charge in [-0.2, -0.15) is 0 Å². The molecule has 110 valence electrons. The van der Waals surface area contributed by atoms with E-state index in [-0.39, 0.29) is 5.69 Å². The van der Waals surface area contributed by atoms with E-state index in [1.165, 1.54) is 18.5 Å². The Morgan fingerprint density at radius 2 is 1.91 bits per heavy atom. The van der Waals surface area contributed by atoms with Gasteiger partial charge in [0.25, 0.3) is 5.69 Å². The fraction of sp³-hybridized carbons (Fsp3) is 0.0667. The number of non-ortho nitro benzene ring substituents is 1. The summed E-state index contributed by atoms with van der Waals surface area (Å²) in [5.74, 6) is 0.672. The minimum Gasteiger partial charge on any atom is -0.365 e. The Morgan fingerprint density at radius 1 is 1.14 bits per heavy atom. The first-order chi connectivity index (χ1) is 10.6. The van der Waals surface area contributed by atoms with Crippen LogP contribution >= 0.6 is 11.6 Å². The van der Waals surface area contributed by atoms with Crippen LogP contribution in [0.3, 0.4) is 0 Å². The van der Waals surface area contributed by atoms with E-state index in [9.17, 15) is 10.1 Å². The molecular weight excluding hydrogens is 304 g/mol. The van der Waals surface area contributed by atoms with Crippen LogP contribution in [-0.2, 0) is 6.54 Å². The highest BCUT2D eigenvalue weighted by atomic mass is 35.5. The van der Waals surface area contributed by atoms with Crippen molar-refractivity contribution in [3.63, 3.8) is 0 Å². The zero-order chi connectivity index (χ0) is 15.5. The molecule has 0 radical (unpaired) electrons. The van der Waals surface area contributed by atoms with E-state index in [0.29, 0.717) is 17.4 Å². The topological polar surface area (TPSA) is 81.0 Å². The molecule has 7 heteroatoms. The summed E-state index contributed by atoms with van der Waals surface area (Å²) in [6.07, 6.45) is 1.48. The van der Waals surface area contributed by atoms with Crippen molar-refractivity contribution < 1.29 is 4.92 Å². The predicted molar refractivity (Wildman–Crippen MR) is 85.0 cm³/mol. The van der Waals surface area contributed by atoms with Gasteiger partial charge in [0, 0.05) is 29.1 Å². The van der Waals surface area contributed by atoms with Crippen molar-refractivity contribution in [1.29, 1.82) is 0 Å². The molecule has 22 heavy (non-hydrogen) atoms. The van der Waals surface area contributed by atoms with E-state index in [1.54, 1.807) is 24.3 Å². The molecule has 3 aromatic rings. The summed E-state index contributed by atoms with van der Waals surface area (Å²) in [5.41, 5.74) is 1.79. The molecule has 1 heterocycles. The standard InChI is InChI=1S/C15H11ClN4O2/c16-11-3-6-14-13(7-11)15(19-9-18-14)17-8-10-1-4-12(5-2-10)20(21)22/h1-7,9H,8H2,(H,17,18,19). The van der Waals surface area contributed by atoms with E-state index in [1.807, 2.05) is 6.07 Å². The van der Waals surface area contributed by atoms with Crippen molar-refractivity contribution in [3.8, 4) is 0 Å². The maximum absolute atomic E-state index is 10.6. The maximum atomic E-state index is 10.6. The van der Waals surface area contributed by atoms with Crippen LogP contribution < -0.4 is 5.32 Å². The van der Waals surface area contributed by atoms with E-state index >= 15 is 0 Å². The van der Waals surface area contributed by atoms with Gasteiger partial charge >= 0.3 is 0 Å². The average Bonchev–Trinajstić information content (AvgIpc) is 2.53. The number of nitrogens with zero attached hydrogens (tertiary/aromatic N) is 3. The molecule has 0 aliphatic rings. The van der Waals surface area contributed by atoms with Gasteiger partial charge in [-0.15, -0.1) is 0 Å². The zero-order valence-corrected chi connectivity index (χ0v) is 12.1. The highest BCUT2D eigenvalue weighted by molar-refractivity contribution is 6.31. The van der Waals surface area contributed by atoms with Gasteiger partial charge in [-0.25, -0.2) is 9.97 Å². The van der Waals surface area contributed by atoms with Crippen LogP contribution in [0.15, 0.2) is 48.8 Å². The van der Waals surface area contributed by atoms with Crippen LogP contribution in [0.4, 0.5) is 11.5 Å². The number of aromatic nitrogens is 2. The number of hydrogen-bond donors (Lipinski definition) is 1. The first-order valence-corrected chi connectivity index (χ1v) is 6.89. The fourth-order valence-electron chi connectivity index (χ4n) is 2.09. The number of benzene rings is 2. The van der Waals surface area contributed by atoms with Gasteiger partial charge in [-0.3, -0.25) is 10.1 Å². The van der Waals surface area contributed by atoms with Crippen molar-refractivity contribution in [2.75, 3.05) is 5.32 Å². The summed E-state index contributed by atoms with van der Waals surface area (Å²) in [4.78, 5) is 18.6. The van der Waals surface area contributed by atoms with Crippen molar-refractivity contribution in [3.05, 3.63) is 69.5 Å². The number of halogens is 1. The molecule has 0 amide bonds. The Kier molecular flexibility index (Phi) is 3.84. The number of fused-ring (bicyclic) bond motifs is 1. The van der Waals surface area contributed by atoms with Crippen molar-refractivity contribution in [2.24, 2.45) is 0 Å². The van der Waals surface area contributed by atoms with Gasteiger partial charge in [-0.1, -0.05) is 23.7 Å². The van der Waals surface area contributed by atoms with E-state index < -0.39 is 4.92 Å². The average molecular weight is 315 g/mol. The minimum atomic E-state index is -0.420. The lowest BCUT2D eigenvalue weighted by atomic mass is 10.2. The first-order valence-electron chi connectivity index (χ1n) is 6.51. The van der Waals surface area contributed by atoms with Gasteiger partial charge in [0.15, 0.2) is 0 Å². The molecule has 0 saturated heterocycles. The summed E-state index contributed by atoms with van der Waals surface area (Å²) >= 11 is 6.01. The smallest absolute Gasteiger partial charge is 0.269 e. The summed E-state index contributed by atoms with van der Waals surface area (Å²) in [5, 5.41) is 15.3. The molecule has 2 aromatic carbocycles. The highest BCUT2D eigenvalue weighted by Crippen LogP contribution is 2.23. The lowest BCUT2D eigenvalue weighted by Gasteiger charge is -2.08. The second-order valence-corrected chi connectivity index (χ2v) is 5.10. The Balaban J connectivity index is 1.81. The lowest BCUT2D eigenvalue weighted by Crippen LogP contribution is -2.02. The van der Waals surface area contributed by atoms with E-state index in [4.69, 9.17) is 11.6 Å². The van der Waals surface area contributed by atoms with Crippen molar-refractivity contribution in [1.82, 2.24) is 9.97 Å². The molecule has 0 spiro atoms. The summed E-state index contributed by atoms with van der Waals surface area (Å²) in [6, 6.07) is 11.8. The number of hydrogen-bond acceptors (Lipinski definition) is 5. The van der Waals surface area contributed by atoms with Crippen molar-refractivity contribution in [2.45, 2.75) is 6.54 Å². The molecule has 0 bridgehead atoms. The van der Waals surface area contributed by atoms with Gasteiger partial charge < -0.3 is 5.32 Å². The summed E-state index contributed by atoms with van der Waals surface area (Å²) < 4.78 is 0. The normalized spacial score (nSPS) is 10.6. The number of nitrogens with one attached hydrogen (secondary N) is 1. The Bertz CT molecular complexity index is 837.